The van der Waals surface area contributed by atoms with E-state index in [0.29, 0.717) is 148 Å². The molecular formula is C63H112N16O11S. The van der Waals surface area contributed by atoms with Crippen molar-refractivity contribution in [2.45, 2.75) is 225 Å². The number of aryl methyl sites for hydroxylation is 2. The molecule has 5 aliphatic heterocycles. The van der Waals surface area contributed by atoms with Crippen LogP contribution in [0.2, 0.25) is 0 Å². The van der Waals surface area contributed by atoms with Crippen LogP contribution in [0, 0.1) is 10.8 Å². The number of nitrogens with one attached hydrogen (secondary N) is 6. The highest BCUT2D eigenvalue weighted by atomic mass is 32.2. The predicted molar refractivity (Wildman–Crippen MR) is 349 cm³/mol. The Labute approximate surface area is 545 Å². The molecule has 6 N–H and O–H groups in total. The van der Waals surface area contributed by atoms with Crippen molar-refractivity contribution in [3.05, 3.63) is 36.2 Å². The van der Waals surface area contributed by atoms with E-state index in [4.69, 9.17) is 28.4 Å². The zero-order valence-corrected chi connectivity index (χ0v) is 57.6. The van der Waals surface area contributed by atoms with Crippen LogP contribution in [0.15, 0.2) is 45.3 Å². The average molecular weight is 1300 g/mol. The van der Waals surface area contributed by atoms with Gasteiger partial charge in [0.15, 0.2) is 11.3 Å². The predicted octanol–water partition coefficient (Wildman–Crippen LogP) is 7.24. The van der Waals surface area contributed by atoms with Gasteiger partial charge < -0.3 is 60.3 Å². The first-order valence-electron chi connectivity index (χ1n) is 33.0. The number of fused-ring (bicyclic) bond motifs is 1. The van der Waals surface area contributed by atoms with Crippen molar-refractivity contribution in [2.24, 2.45) is 31.3 Å². The van der Waals surface area contributed by atoms with E-state index >= 15 is 0 Å². The lowest BCUT2D eigenvalue weighted by atomic mass is 9.85. The fraction of sp³-hybridized carbons (Fsp3) is 0.825. The molecule has 7 rings (SSSR count). The number of aromatic nitrogens is 6. The minimum atomic E-state index is -0.530. The lowest BCUT2D eigenvalue weighted by Crippen LogP contribution is -2.36. The molecule has 516 valence electrons. The molecule has 2 aromatic heterocycles. The maximum atomic E-state index is 12.2. The lowest BCUT2D eigenvalue weighted by Gasteiger charge is -2.18. The van der Waals surface area contributed by atoms with E-state index in [-0.39, 0.29) is 52.3 Å². The third-order valence-electron chi connectivity index (χ3n) is 15.6. The first-order valence-corrected chi connectivity index (χ1v) is 34.0. The molecule has 0 saturated carbocycles. The van der Waals surface area contributed by atoms with Crippen molar-refractivity contribution in [3.8, 4) is 0 Å². The van der Waals surface area contributed by atoms with Gasteiger partial charge in [-0.05, 0) is 58.3 Å². The van der Waals surface area contributed by atoms with Crippen LogP contribution in [0.4, 0.5) is 4.79 Å². The number of unbranched alkanes of at least 4 members (excludes halogenated alkanes) is 3. The second-order valence-corrected chi connectivity index (χ2v) is 27.0. The van der Waals surface area contributed by atoms with Gasteiger partial charge >= 0.3 is 6.03 Å². The molecule has 0 unspecified atom stereocenters. The molecule has 0 bridgehead atoms. The van der Waals surface area contributed by atoms with E-state index in [1.165, 1.54) is 6.42 Å². The van der Waals surface area contributed by atoms with Crippen LogP contribution >= 0.6 is 11.8 Å². The van der Waals surface area contributed by atoms with Crippen LogP contribution in [0.5, 0.6) is 0 Å². The van der Waals surface area contributed by atoms with Gasteiger partial charge in [0, 0.05) is 106 Å². The number of nitrogens with zero attached hydrogens (tertiary/aromatic N) is 10. The Bertz CT molecular complexity index is 2400. The summed E-state index contributed by atoms with van der Waals surface area (Å²) in [5, 5.41) is 51.9. The monoisotopic (exact) mass is 1300 g/mol. The number of hydrogen-bond donors (Lipinski definition) is 6. The molecule has 3 fully saturated rings. The molecule has 0 spiro atoms. The summed E-state index contributed by atoms with van der Waals surface area (Å²) in [5.41, 5.74) is -0.00732. The zero-order valence-electron chi connectivity index (χ0n) is 56.7. The summed E-state index contributed by atoms with van der Waals surface area (Å²) in [5.74, 6) is 2.73. The summed E-state index contributed by atoms with van der Waals surface area (Å²) in [6, 6.07) is 1.40. The Balaban J connectivity index is 0.000000259. The summed E-state index contributed by atoms with van der Waals surface area (Å²) in [7, 11) is 3.29. The van der Waals surface area contributed by atoms with Gasteiger partial charge in [0.1, 0.15) is 11.6 Å². The van der Waals surface area contributed by atoms with E-state index in [1.807, 2.05) is 72.6 Å². The molecule has 4 amide bonds. The minimum absolute atomic E-state index is 0.0721. The van der Waals surface area contributed by atoms with Crippen LogP contribution < -0.4 is 31.9 Å². The first kappa shape index (κ1) is 77.9. The number of ether oxygens (including phenoxy) is 6. The van der Waals surface area contributed by atoms with Crippen molar-refractivity contribution in [1.82, 2.24) is 61.9 Å². The van der Waals surface area contributed by atoms with Gasteiger partial charge in [-0.2, -0.15) is 32.2 Å². The molecule has 27 nitrogen and oxygen atoms in total. The number of carbonyl (C=O) groups is 5. The molecule has 91 heavy (non-hydrogen) atoms. The third kappa shape index (κ3) is 32.7. The smallest absolute Gasteiger partial charge is 0.315 e. The summed E-state index contributed by atoms with van der Waals surface area (Å²) < 4.78 is 34.8. The normalized spacial score (nSPS) is 19.5. The lowest BCUT2D eigenvalue weighted by molar-refractivity contribution is -0.127. The van der Waals surface area contributed by atoms with Crippen LogP contribution in [0.1, 0.15) is 170 Å². The van der Waals surface area contributed by atoms with E-state index < -0.39 is 11.3 Å². The summed E-state index contributed by atoms with van der Waals surface area (Å²) in [6.07, 6.45) is 17.7. The number of ketones is 2. The van der Waals surface area contributed by atoms with Gasteiger partial charge in [-0.3, -0.25) is 19.2 Å². The first-order chi connectivity index (χ1) is 43.5. The van der Waals surface area contributed by atoms with E-state index in [0.717, 1.165) is 87.5 Å². The highest BCUT2D eigenvalue weighted by Gasteiger charge is 2.45. The number of hydrogen-bond acceptors (Lipinski definition) is 22. The summed E-state index contributed by atoms with van der Waals surface area (Å²) >= 11 is 2.03. The Morgan fingerprint density at radius 2 is 1.10 bits per heavy atom. The number of methoxy groups -OCH3 is 2. The summed E-state index contributed by atoms with van der Waals surface area (Å²) in [4.78, 5) is 58.7. The number of thioether (sulfide) groups is 1. The minimum Gasteiger partial charge on any atom is -0.382 e. The quantitative estimate of drug-likeness (QED) is 0.0356. The van der Waals surface area contributed by atoms with Crippen molar-refractivity contribution in [1.29, 1.82) is 0 Å². The van der Waals surface area contributed by atoms with Crippen LogP contribution in [0.25, 0.3) is 0 Å². The molecule has 7 heterocycles. The van der Waals surface area contributed by atoms with Crippen molar-refractivity contribution in [3.63, 3.8) is 0 Å². The SMILES string of the molecule is C=C1N[C@H]2[C@H](CS[C@H]2CCCCC(=O)NCCOCCC)N1.CCCOCCNC(=O)CCCCC[C@@H]1NC(=O)N[C@@H]1C.COCCOCCn1cc(CCC2(CC(=O)C(C)(C)C)N=N2)nn1.COCCOCCn1cc(CCC2(CC(=O)C(C)(C)C)N=N2)nn1. The topological polar surface area (TPSA) is 324 Å². The van der Waals surface area contributed by atoms with Crippen molar-refractivity contribution < 1.29 is 52.4 Å². The van der Waals surface area contributed by atoms with Crippen molar-refractivity contribution in [2.75, 3.05) is 99.1 Å². The number of rotatable bonds is 43. The third-order valence-corrected chi connectivity index (χ3v) is 17.1. The Hall–Kier alpha value is -5.52. The molecule has 3 saturated heterocycles. The van der Waals surface area contributed by atoms with Crippen LogP contribution in [0.3, 0.4) is 0 Å². The molecule has 0 radical (unpaired) electrons. The molecule has 28 heteroatoms. The van der Waals surface area contributed by atoms with Gasteiger partial charge in [0.05, 0.1) is 114 Å². The van der Waals surface area contributed by atoms with Gasteiger partial charge in [0.25, 0.3) is 0 Å². The fourth-order valence-corrected chi connectivity index (χ4v) is 11.2. The highest BCUT2D eigenvalue weighted by molar-refractivity contribution is 8.00. The second-order valence-electron chi connectivity index (χ2n) is 25.8. The van der Waals surface area contributed by atoms with E-state index in [9.17, 15) is 24.0 Å². The average Bonchev–Trinajstić information content (AvgIpc) is 1.81. The number of Topliss-reactive ketones (excluding diaryl/α,β-unsaturated/α-hetero) is 2. The Kier molecular flexibility index (Phi) is 35.9. The maximum absolute atomic E-state index is 12.2. The van der Waals surface area contributed by atoms with Crippen molar-refractivity contribution >= 4 is 41.2 Å². The van der Waals surface area contributed by atoms with Gasteiger partial charge in [-0.1, -0.05) is 91.7 Å². The van der Waals surface area contributed by atoms with Gasteiger partial charge in [-0.25, -0.2) is 14.2 Å². The zero-order chi connectivity index (χ0) is 66.6. The van der Waals surface area contributed by atoms with E-state index in [1.54, 1.807) is 23.6 Å². The summed E-state index contributed by atoms with van der Waals surface area (Å²) in [6.45, 7) is 30.3. The Morgan fingerprint density at radius 1 is 0.626 bits per heavy atom. The molecule has 0 aliphatic carbocycles. The molecular weight excluding hydrogens is 1190 g/mol. The standard InChI is InChI=1S/2C16H27N5O3.C16H29N3O2S.C15H29N3O3/c2*1-15(2,3)14(22)11-16(18-19-16)6-5-13-12-21(20-17-13)7-8-24-10-9-23-4;1-3-9-21-10-8-17-15(20)7-5-4-6-14-16-13(11-22-14)18-12(2)19-16;1-3-10-21-11-9-16-14(19)8-6-4-5-7-13-12(2)17-15(20)18-13/h2*12H,5-11H2,1-4H3;13-14,16,18-19H,2-11H2,1H3,(H,17,20);12-13H,3-11H2,1-2H3,(H,16,19)(H2,17,18,20)/t;;13-,14-,16-;12-,13+/m..01/s1. The second kappa shape index (κ2) is 41.9. The van der Waals surface area contributed by atoms with Crippen LogP contribution in [-0.2, 0) is 73.5 Å². The molecule has 2 aromatic rings. The fourth-order valence-electron chi connectivity index (χ4n) is 9.66. The van der Waals surface area contributed by atoms with Crippen LogP contribution in [-0.4, -0.2) is 199 Å². The molecule has 0 aromatic carbocycles. The number of urea groups is 1. The number of amides is 4. The number of carbonyl (C=O) groups excluding carboxylic acids is 5. The van der Waals surface area contributed by atoms with Gasteiger partial charge in [-0.15, -0.1) is 10.2 Å². The van der Waals surface area contributed by atoms with E-state index in [2.05, 4.69) is 93.4 Å². The highest BCUT2D eigenvalue weighted by Crippen LogP contribution is 2.40. The molecule has 5 atom stereocenters. The molecule has 5 aliphatic rings. The maximum Gasteiger partial charge on any atom is 0.315 e. The Morgan fingerprint density at radius 3 is 1.54 bits per heavy atom. The van der Waals surface area contributed by atoms with Gasteiger partial charge in [0.2, 0.25) is 11.8 Å². The largest absolute Gasteiger partial charge is 0.382 e.